The van der Waals surface area contributed by atoms with Gasteiger partial charge in [-0.15, -0.1) is 0 Å². The fraction of sp³-hybridized carbons (Fsp3) is 0.0909. The highest BCUT2D eigenvalue weighted by Crippen LogP contribution is 2.37. The molecule has 0 aliphatic carbocycles. The summed E-state index contributed by atoms with van der Waals surface area (Å²) in [5.74, 6) is 0.488. The lowest BCUT2D eigenvalue weighted by Gasteiger charge is -2.09. The van der Waals surface area contributed by atoms with Crippen molar-refractivity contribution < 1.29 is 0 Å². The van der Waals surface area contributed by atoms with Crippen LogP contribution in [0.3, 0.4) is 0 Å². The van der Waals surface area contributed by atoms with Crippen molar-refractivity contribution in [1.29, 1.82) is 0 Å². The highest BCUT2D eigenvalue weighted by molar-refractivity contribution is 6.12. The number of nitrogens with one attached hydrogen (secondary N) is 1. The number of aromatic nitrogens is 2. The summed E-state index contributed by atoms with van der Waals surface area (Å²) in [6, 6.07) is 39.8. The average molecular weight is 451 g/mol. The number of fused-ring (bicyclic) bond motifs is 6. The zero-order valence-electron chi connectivity index (χ0n) is 19.9. The molecule has 168 valence electrons. The predicted octanol–water partition coefficient (Wildman–Crippen LogP) is 9.21. The van der Waals surface area contributed by atoms with Crippen molar-refractivity contribution in [1.82, 2.24) is 9.55 Å². The van der Waals surface area contributed by atoms with Crippen molar-refractivity contribution in [2.24, 2.45) is 0 Å². The van der Waals surface area contributed by atoms with Crippen LogP contribution >= 0.6 is 0 Å². The van der Waals surface area contributed by atoms with Crippen molar-refractivity contribution in [2.45, 2.75) is 19.8 Å². The summed E-state index contributed by atoms with van der Waals surface area (Å²) in [5, 5.41) is 5.15. The van der Waals surface area contributed by atoms with Crippen molar-refractivity contribution in [3.63, 3.8) is 0 Å². The van der Waals surface area contributed by atoms with E-state index >= 15 is 0 Å². The van der Waals surface area contributed by atoms with E-state index in [1.54, 1.807) is 0 Å². The molecule has 5 aromatic carbocycles. The van der Waals surface area contributed by atoms with E-state index in [0.717, 1.165) is 0 Å². The summed E-state index contributed by atoms with van der Waals surface area (Å²) >= 11 is 0. The van der Waals surface area contributed by atoms with Gasteiger partial charge in [-0.05, 0) is 77.2 Å². The maximum Gasteiger partial charge on any atom is 0.0541 e. The van der Waals surface area contributed by atoms with Gasteiger partial charge in [0.05, 0.1) is 11.0 Å². The van der Waals surface area contributed by atoms with Crippen LogP contribution in [0, 0.1) is 0 Å². The van der Waals surface area contributed by atoms with Crippen LogP contribution in [0.2, 0.25) is 0 Å². The molecule has 2 nitrogen and oxygen atoms in total. The van der Waals surface area contributed by atoms with Gasteiger partial charge in [0.15, 0.2) is 0 Å². The van der Waals surface area contributed by atoms with E-state index in [2.05, 4.69) is 133 Å². The molecule has 1 N–H and O–H groups in total. The van der Waals surface area contributed by atoms with Crippen LogP contribution in [0.15, 0.2) is 109 Å². The van der Waals surface area contributed by atoms with Crippen LogP contribution < -0.4 is 0 Å². The Morgan fingerprint density at radius 2 is 1.17 bits per heavy atom. The second-order valence-electron chi connectivity index (χ2n) is 9.77. The Morgan fingerprint density at radius 3 is 1.97 bits per heavy atom. The van der Waals surface area contributed by atoms with Gasteiger partial charge in [0.25, 0.3) is 0 Å². The predicted molar refractivity (Wildman–Crippen MR) is 150 cm³/mol. The Kier molecular flexibility index (Phi) is 4.37. The maximum absolute atomic E-state index is 3.55. The average Bonchev–Trinajstić information content (AvgIpc) is 3.43. The van der Waals surface area contributed by atoms with E-state index in [-0.39, 0.29) is 0 Å². The fourth-order valence-electron chi connectivity index (χ4n) is 5.46. The van der Waals surface area contributed by atoms with Crippen LogP contribution in [0.4, 0.5) is 0 Å². The third-order valence-electron chi connectivity index (χ3n) is 7.31. The van der Waals surface area contributed by atoms with Crippen LogP contribution in [0.5, 0.6) is 0 Å². The third kappa shape index (κ3) is 3.10. The first kappa shape index (κ1) is 20.1. The molecule has 0 aliphatic rings. The molecular weight excluding hydrogens is 424 g/mol. The molecule has 0 amide bonds. The number of para-hydroxylation sites is 2. The third-order valence-corrected chi connectivity index (χ3v) is 7.31. The molecule has 0 spiro atoms. The monoisotopic (exact) mass is 450 g/mol. The Bertz CT molecular complexity index is 1870. The van der Waals surface area contributed by atoms with E-state index < -0.39 is 0 Å². The van der Waals surface area contributed by atoms with E-state index in [4.69, 9.17) is 0 Å². The van der Waals surface area contributed by atoms with Crippen LogP contribution in [-0.2, 0) is 0 Å². The molecule has 0 radical (unpaired) electrons. The number of hydrogen-bond acceptors (Lipinski definition) is 0. The van der Waals surface area contributed by atoms with Gasteiger partial charge in [-0.2, -0.15) is 0 Å². The van der Waals surface area contributed by atoms with Gasteiger partial charge in [0.2, 0.25) is 0 Å². The molecule has 0 aliphatic heterocycles. The second-order valence-corrected chi connectivity index (χ2v) is 9.77. The SMILES string of the molecule is CC(C)c1ccc2c(c1)c1cc(-c3ccc4[nH]c5ccccc5c4c3)ccc1n2-c1ccccc1. The first-order chi connectivity index (χ1) is 17.2. The molecular formula is C33H26N2. The lowest BCUT2D eigenvalue weighted by Crippen LogP contribution is -1.93. The first-order valence-electron chi connectivity index (χ1n) is 12.3. The van der Waals surface area contributed by atoms with Gasteiger partial charge in [-0.25, -0.2) is 0 Å². The Labute approximate surface area is 204 Å². The summed E-state index contributed by atoms with van der Waals surface area (Å²) in [4.78, 5) is 3.55. The summed E-state index contributed by atoms with van der Waals surface area (Å²) in [6.45, 7) is 4.53. The molecule has 7 aromatic rings. The molecule has 0 saturated heterocycles. The van der Waals surface area contributed by atoms with Gasteiger partial charge in [-0.1, -0.05) is 68.4 Å². The molecule has 0 fully saturated rings. The van der Waals surface area contributed by atoms with Crippen LogP contribution in [0.25, 0.3) is 60.4 Å². The number of rotatable bonds is 3. The van der Waals surface area contributed by atoms with E-state index in [0.29, 0.717) is 5.92 Å². The number of nitrogens with zero attached hydrogens (tertiary/aromatic N) is 1. The molecule has 7 rings (SSSR count). The number of hydrogen-bond donors (Lipinski definition) is 1. The number of benzene rings is 5. The summed E-state index contributed by atoms with van der Waals surface area (Å²) < 4.78 is 2.39. The fourth-order valence-corrected chi connectivity index (χ4v) is 5.46. The normalized spacial score (nSPS) is 12.0. The lowest BCUT2D eigenvalue weighted by atomic mass is 9.98. The van der Waals surface area contributed by atoms with Crippen LogP contribution in [-0.4, -0.2) is 9.55 Å². The van der Waals surface area contributed by atoms with Crippen molar-refractivity contribution in [3.8, 4) is 16.8 Å². The zero-order chi connectivity index (χ0) is 23.5. The van der Waals surface area contributed by atoms with E-state index in [1.807, 2.05) is 0 Å². The van der Waals surface area contributed by atoms with Crippen molar-refractivity contribution in [3.05, 3.63) is 115 Å². The molecule has 0 saturated carbocycles. The number of H-pyrrole nitrogens is 1. The van der Waals surface area contributed by atoms with Gasteiger partial charge >= 0.3 is 0 Å². The summed E-state index contributed by atoms with van der Waals surface area (Å²) in [6.07, 6.45) is 0. The molecule has 2 aromatic heterocycles. The standard InChI is InChI=1S/C33H26N2/c1-21(2)22-13-16-32-28(18-22)29-20-24(14-17-33(29)35(32)25-8-4-3-5-9-25)23-12-15-31-27(19-23)26-10-6-7-11-30(26)34-31/h3-21,34H,1-2H3. The number of aromatic amines is 1. The van der Waals surface area contributed by atoms with Gasteiger partial charge in [0, 0.05) is 38.3 Å². The van der Waals surface area contributed by atoms with Crippen molar-refractivity contribution in [2.75, 3.05) is 0 Å². The van der Waals surface area contributed by atoms with Gasteiger partial charge < -0.3 is 9.55 Å². The minimum atomic E-state index is 0.488. The van der Waals surface area contributed by atoms with Gasteiger partial charge in [-0.3, -0.25) is 0 Å². The smallest absolute Gasteiger partial charge is 0.0541 e. The lowest BCUT2D eigenvalue weighted by molar-refractivity contribution is 0.868. The Balaban J connectivity index is 1.50. The summed E-state index contributed by atoms with van der Waals surface area (Å²) in [5.41, 5.74) is 9.90. The molecule has 0 atom stereocenters. The molecule has 0 bridgehead atoms. The first-order valence-corrected chi connectivity index (χ1v) is 12.3. The Morgan fingerprint density at radius 1 is 0.543 bits per heavy atom. The molecule has 2 heteroatoms. The van der Waals surface area contributed by atoms with Crippen molar-refractivity contribution >= 4 is 43.6 Å². The van der Waals surface area contributed by atoms with E-state index in [9.17, 15) is 0 Å². The minimum absolute atomic E-state index is 0.488. The zero-order valence-corrected chi connectivity index (χ0v) is 19.9. The molecule has 35 heavy (non-hydrogen) atoms. The highest BCUT2D eigenvalue weighted by Gasteiger charge is 2.15. The second kappa shape index (κ2) is 7.61. The topological polar surface area (TPSA) is 20.7 Å². The molecule has 2 heterocycles. The molecule has 0 unspecified atom stereocenters. The summed E-state index contributed by atoms with van der Waals surface area (Å²) in [7, 11) is 0. The van der Waals surface area contributed by atoms with Crippen LogP contribution in [0.1, 0.15) is 25.3 Å². The maximum atomic E-state index is 3.55. The Hall–Kier alpha value is -4.30. The highest BCUT2D eigenvalue weighted by atomic mass is 15.0. The van der Waals surface area contributed by atoms with E-state index in [1.165, 1.54) is 66.0 Å². The van der Waals surface area contributed by atoms with Gasteiger partial charge in [0.1, 0.15) is 0 Å². The quantitative estimate of drug-likeness (QED) is 0.277. The largest absolute Gasteiger partial charge is 0.355 e. The minimum Gasteiger partial charge on any atom is -0.355 e.